The zero-order valence-electron chi connectivity index (χ0n) is 11.9. The van der Waals surface area contributed by atoms with Gasteiger partial charge in [-0.2, -0.15) is 0 Å². The molecule has 0 atom stereocenters. The number of hydrogen-bond donors (Lipinski definition) is 1. The summed E-state index contributed by atoms with van der Waals surface area (Å²) in [7, 11) is 3.87. The number of nitrogens with one attached hydrogen (secondary N) is 1. The Morgan fingerprint density at radius 3 is 2.72 bits per heavy atom. The summed E-state index contributed by atoms with van der Waals surface area (Å²) in [4.78, 5) is 6.39. The normalized spacial score (nSPS) is 10.7. The zero-order valence-corrected chi connectivity index (χ0v) is 14.3. The van der Waals surface area contributed by atoms with E-state index >= 15 is 0 Å². The fourth-order valence-electron chi connectivity index (χ4n) is 1.48. The largest absolute Gasteiger partial charge is 0.382 e. The van der Waals surface area contributed by atoms with Crippen LogP contribution in [0.25, 0.3) is 0 Å². The zero-order chi connectivity index (χ0) is 12.9. The van der Waals surface area contributed by atoms with Gasteiger partial charge in [0.25, 0.3) is 0 Å². The quantitative estimate of drug-likeness (QED) is 0.223. The first-order chi connectivity index (χ1) is 8.26. The Bertz CT molecular complexity index is 222. The summed E-state index contributed by atoms with van der Waals surface area (Å²) < 4.78 is 5.28. The maximum atomic E-state index is 5.28. The first-order valence-electron chi connectivity index (χ1n) is 6.36. The van der Waals surface area contributed by atoms with Crippen molar-refractivity contribution in [2.24, 2.45) is 4.99 Å². The second kappa shape index (κ2) is 14.8. The molecule has 0 saturated carbocycles. The van der Waals surface area contributed by atoms with Gasteiger partial charge in [0.2, 0.25) is 0 Å². The third kappa shape index (κ3) is 10.8. The lowest BCUT2D eigenvalue weighted by atomic mass is 10.3. The van der Waals surface area contributed by atoms with E-state index in [0.717, 1.165) is 51.5 Å². The number of ether oxygens (including phenoxy) is 1. The first-order valence-corrected chi connectivity index (χ1v) is 6.36. The standard InChI is InChI=1S/C13H27N3O.HI/c1-5-7-8-11-16(4)13(14-3)15-10-9-12-17-6-2;/h5H,1,6-12H2,2-4H3,(H,14,15);1H. The molecular formula is C13H28IN3O. The van der Waals surface area contributed by atoms with E-state index in [1.165, 1.54) is 0 Å². The van der Waals surface area contributed by atoms with E-state index in [2.05, 4.69) is 28.8 Å². The molecule has 0 aliphatic carbocycles. The average molecular weight is 369 g/mol. The molecule has 0 amide bonds. The van der Waals surface area contributed by atoms with Crippen molar-refractivity contribution in [1.82, 2.24) is 10.2 Å². The Balaban J connectivity index is 0. The number of nitrogens with zero attached hydrogens (tertiary/aromatic N) is 2. The summed E-state index contributed by atoms with van der Waals surface area (Å²) in [5.74, 6) is 0.950. The molecular weight excluding hydrogens is 341 g/mol. The maximum absolute atomic E-state index is 5.28. The lowest BCUT2D eigenvalue weighted by molar-refractivity contribution is 0.145. The van der Waals surface area contributed by atoms with Gasteiger partial charge in [0.1, 0.15) is 0 Å². The Hall–Kier alpha value is -0.300. The summed E-state index contributed by atoms with van der Waals surface area (Å²) in [6.45, 7) is 9.23. The molecule has 0 aliphatic rings. The molecule has 0 bridgehead atoms. The van der Waals surface area contributed by atoms with Crippen LogP contribution in [0.2, 0.25) is 0 Å². The second-order valence-corrected chi connectivity index (χ2v) is 3.88. The number of halogens is 1. The minimum Gasteiger partial charge on any atom is -0.382 e. The van der Waals surface area contributed by atoms with Crippen LogP contribution in [0, 0.1) is 0 Å². The average Bonchev–Trinajstić information content (AvgIpc) is 2.34. The van der Waals surface area contributed by atoms with E-state index in [9.17, 15) is 0 Å². The molecule has 0 spiro atoms. The Kier molecular flexibility index (Phi) is 16.4. The lowest BCUT2D eigenvalue weighted by Gasteiger charge is -2.21. The Labute approximate surface area is 129 Å². The summed E-state index contributed by atoms with van der Waals surface area (Å²) >= 11 is 0. The molecule has 108 valence electrons. The molecule has 0 aromatic rings. The fourth-order valence-corrected chi connectivity index (χ4v) is 1.48. The number of unbranched alkanes of at least 4 members (excludes halogenated alkanes) is 1. The predicted molar refractivity (Wildman–Crippen MR) is 89.9 cm³/mol. The van der Waals surface area contributed by atoms with Crippen LogP contribution in [0.1, 0.15) is 26.2 Å². The molecule has 0 rings (SSSR count). The predicted octanol–water partition coefficient (Wildman–Crippen LogP) is 2.50. The van der Waals surface area contributed by atoms with Gasteiger partial charge < -0.3 is 15.0 Å². The molecule has 0 fully saturated rings. The van der Waals surface area contributed by atoms with Gasteiger partial charge in [-0.3, -0.25) is 4.99 Å². The van der Waals surface area contributed by atoms with Gasteiger partial charge in [0.15, 0.2) is 5.96 Å². The molecule has 0 aromatic heterocycles. The first kappa shape index (κ1) is 20.0. The Morgan fingerprint density at radius 1 is 1.44 bits per heavy atom. The summed E-state index contributed by atoms with van der Waals surface area (Å²) in [6.07, 6.45) is 5.12. The van der Waals surface area contributed by atoms with E-state index in [-0.39, 0.29) is 24.0 Å². The number of allylic oxidation sites excluding steroid dienone is 1. The van der Waals surface area contributed by atoms with Crippen molar-refractivity contribution >= 4 is 29.9 Å². The summed E-state index contributed by atoms with van der Waals surface area (Å²) in [6, 6.07) is 0. The molecule has 0 radical (unpaired) electrons. The van der Waals surface area contributed by atoms with E-state index in [1.54, 1.807) is 0 Å². The van der Waals surface area contributed by atoms with Crippen LogP contribution >= 0.6 is 24.0 Å². The van der Waals surface area contributed by atoms with Crippen LogP contribution < -0.4 is 5.32 Å². The number of rotatable bonds is 9. The van der Waals surface area contributed by atoms with E-state index < -0.39 is 0 Å². The number of hydrogen-bond acceptors (Lipinski definition) is 2. The highest BCUT2D eigenvalue weighted by molar-refractivity contribution is 14.0. The second-order valence-electron chi connectivity index (χ2n) is 3.88. The molecule has 5 heteroatoms. The van der Waals surface area contributed by atoms with Gasteiger partial charge in [-0.25, -0.2) is 0 Å². The van der Waals surface area contributed by atoms with Gasteiger partial charge in [0, 0.05) is 40.4 Å². The molecule has 0 aliphatic heterocycles. The van der Waals surface area contributed by atoms with Crippen molar-refractivity contribution in [3.05, 3.63) is 12.7 Å². The highest BCUT2D eigenvalue weighted by Gasteiger charge is 2.03. The molecule has 0 aromatic carbocycles. The third-order valence-corrected chi connectivity index (χ3v) is 2.43. The van der Waals surface area contributed by atoms with Gasteiger partial charge in [-0.05, 0) is 26.2 Å². The van der Waals surface area contributed by atoms with Gasteiger partial charge in [0.05, 0.1) is 0 Å². The van der Waals surface area contributed by atoms with E-state index in [4.69, 9.17) is 4.74 Å². The molecule has 0 heterocycles. The SMILES string of the molecule is C=CCCCN(C)C(=NC)NCCCOCC.I. The van der Waals surface area contributed by atoms with Crippen LogP contribution in [0.3, 0.4) is 0 Å². The van der Waals surface area contributed by atoms with Crippen molar-refractivity contribution in [2.45, 2.75) is 26.2 Å². The van der Waals surface area contributed by atoms with Crippen LogP contribution in [-0.2, 0) is 4.74 Å². The third-order valence-electron chi connectivity index (χ3n) is 2.43. The molecule has 18 heavy (non-hydrogen) atoms. The Morgan fingerprint density at radius 2 is 2.17 bits per heavy atom. The highest BCUT2D eigenvalue weighted by Crippen LogP contribution is 1.94. The van der Waals surface area contributed by atoms with Crippen molar-refractivity contribution in [2.75, 3.05) is 40.4 Å². The maximum Gasteiger partial charge on any atom is 0.193 e. The number of aliphatic imine (C=N–C) groups is 1. The van der Waals surface area contributed by atoms with Crippen molar-refractivity contribution < 1.29 is 4.74 Å². The fraction of sp³-hybridized carbons (Fsp3) is 0.769. The summed E-state index contributed by atoms with van der Waals surface area (Å²) in [5.41, 5.74) is 0. The monoisotopic (exact) mass is 369 g/mol. The van der Waals surface area contributed by atoms with Crippen molar-refractivity contribution in [3.63, 3.8) is 0 Å². The van der Waals surface area contributed by atoms with Crippen molar-refractivity contribution in [3.8, 4) is 0 Å². The van der Waals surface area contributed by atoms with Crippen LogP contribution in [0.5, 0.6) is 0 Å². The van der Waals surface area contributed by atoms with Crippen LogP contribution in [0.4, 0.5) is 0 Å². The number of guanidine groups is 1. The molecule has 0 saturated heterocycles. The minimum absolute atomic E-state index is 0. The van der Waals surface area contributed by atoms with Crippen LogP contribution in [0.15, 0.2) is 17.6 Å². The van der Waals surface area contributed by atoms with Gasteiger partial charge in [-0.15, -0.1) is 30.6 Å². The smallest absolute Gasteiger partial charge is 0.193 e. The molecule has 1 N–H and O–H groups in total. The highest BCUT2D eigenvalue weighted by atomic mass is 127. The van der Waals surface area contributed by atoms with Crippen LogP contribution in [-0.4, -0.2) is 51.3 Å². The minimum atomic E-state index is 0. The van der Waals surface area contributed by atoms with Gasteiger partial charge >= 0.3 is 0 Å². The molecule has 4 nitrogen and oxygen atoms in total. The van der Waals surface area contributed by atoms with E-state index in [0.29, 0.717) is 0 Å². The molecule has 0 unspecified atom stereocenters. The van der Waals surface area contributed by atoms with Gasteiger partial charge in [-0.1, -0.05) is 6.08 Å². The van der Waals surface area contributed by atoms with E-state index in [1.807, 2.05) is 20.0 Å². The lowest BCUT2D eigenvalue weighted by Crippen LogP contribution is -2.40. The summed E-state index contributed by atoms with van der Waals surface area (Å²) in [5, 5.41) is 3.33. The van der Waals surface area contributed by atoms with Crippen molar-refractivity contribution in [1.29, 1.82) is 0 Å². The topological polar surface area (TPSA) is 36.9 Å².